The molecule has 11 heteroatoms. The highest BCUT2D eigenvalue weighted by atomic mass is 35.5. The molecular weight excluding hydrogens is 524 g/mol. The van der Waals surface area contributed by atoms with Gasteiger partial charge in [-0.05, 0) is 31.2 Å². The minimum absolute atomic E-state index is 0.00464. The van der Waals surface area contributed by atoms with Crippen LogP contribution in [0.3, 0.4) is 0 Å². The van der Waals surface area contributed by atoms with Crippen molar-refractivity contribution in [1.29, 1.82) is 0 Å². The molecule has 2 aromatic heterocycles. The number of fused-ring (bicyclic) bond motifs is 1. The lowest BCUT2D eigenvalue weighted by Gasteiger charge is -2.12. The number of hydrogen-bond donors (Lipinski definition) is 1. The molecule has 0 aliphatic heterocycles. The molecule has 0 aliphatic carbocycles. The van der Waals surface area contributed by atoms with E-state index >= 15 is 0 Å². The van der Waals surface area contributed by atoms with Gasteiger partial charge >= 0.3 is 0 Å². The van der Waals surface area contributed by atoms with Crippen molar-refractivity contribution in [2.24, 2.45) is 0 Å². The van der Waals surface area contributed by atoms with Crippen molar-refractivity contribution in [1.82, 2.24) is 19.7 Å². The van der Waals surface area contributed by atoms with Gasteiger partial charge in [0.05, 0.1) is 21.9 Å². The summed E-state index contributed by atoms with van der Waals surface area (Å²) in [6.45, 7) is 2.58. The zero-order chi connectivity index (χ0) is 26.6. The molecule has 0 bridgehead atoms. The van der Waals surface area contributed by atoms with Gasteiger partial charge in [-0.3, -0.25) is 14.9 Å². The molecule has 0 radical (unpaired) electrons. The second-order valence-electron chi connectivity index (χ2n) is 8.25. The average molecular weight is 545 g/mol. The first-order valence-electron chi connectivity index (χ1n) is 11.7. The van der Waals surface area contributed by atoms with Crippen LogP contribution < -0.4 is 5.32 Å². The average Bonchev–Trinajstić information content (AvgIpc) is 3.35. The van der Waals surface area contributed by atoms with Crippen LogP contribution in [0.1, 0.15) is 6.92 Å². The maximum Gasteiger partial charge on any atom is 0.289 e. The van der Waals surface area contributed by atoms with Crippen LogP contribution in [0.2, 0.25) is 5.02 Å². The first-order chi connectivity index (χ1) is 18.4. The van der Waals surface area contributed by atoms with E-state index in [4.69, 9.17) is 16.6 Å². The van der Waals surface area contributed by atoms with Crippen LogP contribution >= 0.6 is 23.4 Å². The Morgan fingerprint density at radius 1 is 1.05 bits per heavy atom. The SMILES string of the molecule is CCn1c(SCC(=O)Nc2ccc(Cl)c([N+](=O)[O-])c2)nnc1-c1cc(-c2ccccc2)nc2ccccc12. The number of amides is 1. The first kappa shape index (κ1) is 25.4. The number of rotatable bonds is 8. The number of thioether (sulfide) groups is 1. The smallest absolute Gasteiger partial charge is 0.289 e. The molecule has 0 saturated heterocycles. The number of carbonyl (C=O) groups is 1. The normalized spacial score (nSPS) is 11.0. The number of carbonyl (C=O) groups excluding carboxylic acids is 1. The molecule has 2 heterocycles. The number of benzene rings is 3. The van der Waals surface area contributed by atoms with E-state index < -0.39 is 4.92 Å². The minimum atomic E-state index is -0.593. The van der Waals surface area contributed by atoms with Crippen LogP contribution in [-0.2, 0) is 11.3 Å². The monoisotopic (exact) mass is 544 g/mol. The van der Waals surface area contributed by atoms with Gasteiger partial charge in [0.2, 0.25) is 5.91 Å². The molecular formula is C27H21ClN6O3S. The zero-order valence-corrected chi connectivity index (χ0v) is 21.7. The summed E-state index contributed by atoms with van der Waals surface area (Å²) >= 11 is 7.09. The lowest BCUT2D eigenvalue weighted by Crippen LogP contribution is -2.14. The van der Waals surface area contributed by atoms with E-state index in [1.807, 2.05) is 72.2 Å². The van der Waals surface area contributed by atoms with E-state index in [1.165, 1.54) is 30.0 Å². The second kappa shape index (κ2) is 11.0. The summed E-state index contributed by atoms with van der Waals surface area (Å²) in [4.78, 5) is 28.0. The highest BCUT2D eigenvalue weighted by Gasteiger charge is 2.19. The van der Waals surface area contributed by atoms with Crippen molar-refractivity contribution in [2.45, 2.75) is 18.6 Å². The second-order valence-corrected chi connectivity index (χ2v) is 9.60. The van der Waals surface area contributed by atoms with Gasteiger partial charge in [-0.2, -0.15) is 0 Å². The molecule has 9 nitrogen and oxygen atoms in total. The van der Waals surface area contributed by atoms with E-state index in [1.54, 1.807) is 0 Å². The number of nitrogens with one attached hydrogen (secondary N) is 1. The molecule has 0 aliphatic rings. The summed E-state index contributed by atoms with van der Waals surface area (Å²) in [6, 6.07) is 24.0. The quantitative estimate of drug-likeness (QED) is 0.135. The van der Waals surface area contributed by atoms with Gasteiger partial charge in [0.1, 0.15) is 5.02 Å². The highest BCUT2D eigenvalue weighted by Crippen LogP contribution is 2.33. The molecule has 0 saturated carbocycles. The predicted octanol–water partition coefficient (Wildman–Crippen LogP) is 6.47. The highest BCUT2D eigenvalue weighted by molar-refractivity contribution is 7.99. The van der Waals surface area contributed by atoms with E-state index in [-0.39, 0.29) is 22.4 Å². The Hall–Kier alpha value is -4.28. The van der Waals surface area contributed by atoms with Crippen molar-refractivity contribution in [3.8, 4) is 22.6 Å². The summed E-state index contributed by atoms with van der Waals surface area (Å²) < 4.78 is 1.96. The number of anilines is 1. The maximum atomic E-state index is 12.6. The number of hydrogen-bond acceptors (Lipinski definition) is 7. The molecule has 5 aromatic rings. The number of halogens is 1. The molecule has 0 atom stereocenters. The van der Waals surface area contributed by atoms with Crippen LogP contribution in [0, 0.1) is 10.1 Å². The van der Waals surface area contributed by atoms with E-state index in [9.17, 15) is 14.9 Å². The Labute approximate surface area is 227 Å². The number of pyridine rings is 1. The predicted molar refractivity (Wildman–Crippen MR) is 149 cm³/mol. The van der Waals surface area contributed by atoms with Gasteiger partial charge in [-0.1, -0.05) is 71.9 Å². The lowest BCUT2D eigenvalue weighted by atomic mass is 10.0. The Morgan fingerprint density at radius 3 is 2.58 bits per heavy atom. The molecule has 0 spiro atoms. The maximum absolute atomic E-state index is 12.6. The third-order valence-electron chi connectivity index (χ3n) is 5.82. The van der Waals surface area contributed by atoms with Gasteiger partial charge in [0.15, 0.2) is 11.0 Å². The Kier molecular flexibility index (Phi) is 7.34. The standard InChI is InChI=1S/C27H21ClN6O3S/c1-2-33-26(20-15-23(17-8-4-3-5-9-17)30-22-11-7-6-10-19(20)22)31-32-27(33)38-16-25(35)29-18-12-13-21(28)24(14-18)34(36)37/h3-15H,2,16H2,1H3,(H,29,35). The van der Waals surface area contributed by atoms with E-state index in [0.717, 1.165) is 27.7 Å². The van der Waals surface area contributed by atoms with Gasteiger partial charge in [0.25, 0.3) is 5.69 Å². The van der Waals surface area contributed by atoms with Crippen LogP contribution in [0.15, 0.2) is 84.0 Å². The van der Waals surface area contributed by atoms with Crippen LogP contribution in [-0.4, -0.2) is 36.3 Å². The lowest BCUT2D eigenvalue weighted by molar-refractivity contribution is -0.384. The van der Waals surface area contributed by atoms with Crippen LogP contribution in [0.5, 0.6) is 0 Å². The van der Waals surface area contributed by atoms with E-state index in [0.29, 0.717) is 23.2 Å². The Bertz CT molecular complexity index is 1660. The summed E-state index contributed by atoms with van der Waals surface area (Å²) in [6.07, 6.45) is 0. The summed E-state index contributed by atoms with van der Waals surface area (Å²) in [5.74, 6) is 0.389. The number of para-hydroxylation sites is 1. The van der Waals surface area contributed by atoms with Gasteiger partial charge < -0.3 is 9.88 Å². The third kappa shape index (κ3) is 5.22. The fraction of sp³-hybridized carbons (Fsp3) is 0.111. The van der Waals surface area contributed by atoms with Crippen molar-refractivity contribution in [3.05, 3.63) is 94.0 Å². The number of nitrogens with zero attached hydrogens (tertiary/aromatic N) is 5. The van der Waals surface area contributed by atoms with Crippen molar-refractivity contribution >= 4 is 51.5 Å². The van der Waals surface area contributed by atoms with Crippen LogP contribution in [0.25, 0.3) is 33.5 Å². The zero-order valence-electron chi connectivity index (χ0n) is 20.2. The summed E-state index contributed by atoms with van der Waals surface area (Å²) in [5, 5.41) is 24.2. The molecule has 0 unspecified atom stereocenters. The number of aromatic nitrogens is 4. The fourth-order valence-corrected chi connectivity index (χ4v) is 5.04. The molecule has 1 amide bonds. The largest absolute Gasteiger partial charge is 0.325 e. The fourth-order valence-electron chi connectivity index (χ4n) is 4.05. The Balaban J connectivity index is 1.42. The number of nitro groups is 1. The van der Waals surface area contributed by atoms with Gasteiger partial charge in [-0.15, -0.1) is 10.2 Å². The minimum Gasteiger partial charge on any atom is -0.325 e. The third-order valence-corrected chi connectivity index (χ3v) is 7.11. The number of nitro benzene ring substituents is 1. The first-order valence-corrected chi connectivity index (χ1v) is 13.1. The van der Waals surface area contributed by atoms with Crippen molar-refractivity contribution < 1.29 is 9.72 Å². The molecule has 5 rings (SSSR count). The van der Waals surface area contributed by atoms with E-state index in [2.05, 4.69) is 15.5 Å². The molecule has 38 heavy (non-hydrogen) atoms. The van der Waals surface area contributed by atoms with Gasteiger partial charge in [0, 0.05) is 34.8 Å². The van der Waals surface area contributed by atoms with Crippen molar-refractivity contribution in [2.75, 3.05) is 11.1 Å². The van der Waals surface area contributed by atoms with Crippen LogP contribution in [0.4, 0.5) is 11.4 Å². The van der Waals surface area contributed by atoms with Gasteiger partial charge in [-0.25, -0.2) is 4.98 Å². The molecule has 190 valence electrons. The summed E-state index contributed by atoms with van der Waals surface area (Å²) in [7, 11) is 0. The molecule has 1 N–H and O–H groups in total. The summed E-state index contributed by atoms with van der Waals surface area (Å²) in [5.41, 5.74) is 3.59. The van der Waals surface area contributed by atoms with Crippen molar-refractivity contribution in [3.63, 3.8) is 0 Å². The topological polar surface area (TPSA) is 116 Å². The Morgan fingerprint density at radius 2 is 1.82 bits per heavy atom. The molecule has 3 aromatic carbocycles. The molecule has 0 fully saturated rings.